The quantitative estimate of drug-likeness (QED) is 0.747. The van der Waals surface area contributed by atoms with Gasteiger partial charge in [-0.1, -0.05) is 32.4 Å². The first-order valence-corrected chi connectivity index (χ1v) is 8.47. The molecule has 2 rings (SSSR count). The summed E-state index contributed by atoms with van der Waals surface area (Å²) in [5.41, 5.74) is 1.63. The van der Waals surface area contributed by atoms with Gasteiger partial charge in [0.25, 0.3) is 0 Å². The second kappa shape index (κ2) is 8.32. The second-order valence-electron chi connectivity index (χ2n) is 6.52. The molecule has 21 heavy (non-hydrogen) atoms. The molecule has 1 heterocycles. The predicted molar refractivity (Wildman–Crippen MR) is 87.2 cm³/mol. The molecule has 0 amide bonds. The van der Waals surface area contributed by atoms with Gasteiger partial charge in [-0.15, -0.1) is 0 Å². The summed E-state index contributed by atoms with van der Waals surface area (Å²) < 4.78 is 2.07. The number of allylic oxidation sites excluding steroid dienone is 1. The average Bonchev–Trinajstić information content (AvgIpc) is 2.86. The predicted octanol–water partition coefficient (Wildman–Crippen LogP) is 3.35. The second-order valence-corrected chi connectivity index (χ2v) is 6.52. The third-order valence-electron chi connectivity index (χ3n) is 4.05. The van der Waals surface area contributed by atoms with Crippen LogP contribution in [0.5, 0.6) is 0 Å². The first-order valence-electron chi connectivity index (χ1n) is 8.47. The summed E-state index contributed by atoms with van der Waals surface area (Å²) in [6, 6.07) is 0.481. The number of rotatable bonds is 8. The number of nitrogens with zero attached hydrogens (tertiary/aromatic N) is 3. The molecule has 1 N–H and O–H groups in total. The van der Waals surface area contributed by atoms with Gasteiger partial charge in [0.2, 0.25) is 0 Å². The van der Waals surface area contributed by atoms with E-state index in [0.717, 1.165) is 31.8 Å². The fraction of sp³-hybridized carbons (Fsp3) is 0.765. The molecule has 0 aliphatic heterocycles. The monoisotopic (exact) mass is 290 g/mol. The Morgan fingerprint density at radius 2 is 2.14 bits per heavy atom. The maximum Gasteiger partial charge on any atom is 0.138 e. The fourth-order valence-corrected chi connectivity index (χ4v) is 3.08. The van der Waals surface area contributed by atoms with Crippen molar-refractivity contribution in [2.24, 2.45) is 5.92 Å². The minimum Gasteiger partial charge on any atom is -0.313 e. The average molecular weight is 290 g/mol. The molecule has 0 saturated heterocycles. The normalized spacial score (nSPS) is 17.0. The third-order valence-corrected chi connectivity index (χ3v) is 4.05. The molecule has 1 unspecified atom stereocenters. The summed E-state index contributed by atoms with van der Waals surface area (Å²) in [4.78, 5) is 4.48. The highest BCUT2D eigenvalue weighted by Crippen LogP contribution is 2.22. The molecule has 118 valence electrons. The first-order chi connectivity index (χ1) is 10.2. The van der Waals surface area contributed by atoms with Crippen LogP contribution in [0.4, 0.5) is 0 Å². The van der Waals surface area contributed by atoms with Gasteiger partial charge in [-0.25, -0.2) is 9.67 Å². The van der Waals surface area contributed by atoms with E-state index in [1.54, 1.807) is 11.9 Å². The van der Waals surface area contributed by atoms with Crippen LogP contribution in [-0.4, -0.2) is 27.4 Å². The van der Waals surface area contributed by atoms with Gasteiger partial charge in [0.15, 0.2) is 0 Å². The van der Waals surface area contributed by atoms with Crippen LogP contribution in [0.3, 0.4) is 0 Å². The van der Waals surface area contributed by atoms with Crippen molar-refractivity contribution in [1.29, 1.82) is 0 Å². The van der Waals surface area contributed by atoms with Crippen molar-refractivity contribution in [2.75, 3.05) is 6.54 Å². The van der Waals surface area contributed by atoms with E-state index in [2.05, 4.69) is 46.9 Å². The number of likely N-dealkylation sites (N-methyl/N-ethyl adjacent to an activating group) is 1. The van der Waals surface area contributed by atoms with Crippen LogP contribution < -0.4 is 5.32 Å². The lowest BCUT2D eigenvalue weighted by Gasteiger charge is -2.21. The number of hydrogen-bond acceptors (Lipinski definition) is 3. The molecule has 0 fully saturated rings. The van der Waals surface area contributed by atoms with Gasteiger partial charge in [0.1, 0.15) is 12.2 Å². The summed E-state index contributed by atoms with van der Waals surface area (Å²) in [6.45, 7) is 8.59. The molecule has 1 aromatic rings. The summed E-state index contributed by atoms with van der Waals surface area (Å²) in [5.74, 6) is 1.72. The standard InChI is InChI=1S/C17H30N4/c1-4-18-16(10-15-8-6-5-7-9-15)11-17-19-13-20-21(17)12-14(2)3/h8,13-14,16,18H,4-7,9-12H2,1-3H3. The minimum absolute atomic E-state index is 0.481. The van der Waals surface area contributed by atoms with E-state index in [1.807, 2.05) is 0 Å². The summed E-state index contributed by atoms with van der Waals surface area (Å²) in [6.07, 6.45) is 11.5. The van der Waals surface area contributed by atoms with Crippen LogP contribution in [0, 0.1) is 5.92 Å². The van der Waals surface area contributed by atoms with Gasteiger partial charge in [-0.2, -0.15) is 5.10 Å². The van der Waals surface area contributed by atoms with Gasteiger partial charge < -0.3 is 5.32 Å². The molecule has 0 bridgehead atoms. The molecule has 4 nitrogen and oxygen atoms in total. The molecule has 0 aromatic carbocycles. The summed E-state index contributed by atoms with van der Waals surface area (Å²) in [7, 11) is 0. The van der Waals surface area contributed by atoms with E-state index in [1.165, 1.54) is 25.7 Å². The van der Waals surface area contributed by atoms with Gasteiger partial charge in [-0.05, 0) is 44.6 Å². The van der Waals surface area contributed by atoms with E-state index in [-0.39, 0.29) is 0 Å². The summed E-state index contributed by atoms with van der Waals surface area (Å²) >= 11 is 0. The minimum atomic E-state index is 0.481. The Hall–Kier alpha value is -1.16. The molecular weight excluding hydrogens is 260 g/mol. The highest BCUT2D eigenvalue weighted by Gasteiger charge is 2.16. The fourth-order valence-electron chi connectivity index (χ4n) is 3.08. The highest BCUT2D eigenvalue weighted by molar-refractivity contribution is 5.08. The van der Waals surface area contributed by atoms with Crippen LogP contribution in [0.25, 0.3) is 0 Å². The zero-order valence-corrected chi connectivity index (χ0v) is 13.8. The SMILES string of the molecule is CCNC(CC1=CCCCC1)Cc1ncnn1CC(C)C. The van der Waals surface area contributed by atoms with E-state index in [0.29, 0.717) is 12.0 Å². The highest BCUT2D eigenvalue weighted by atomic mass is 15.3. The Bertz CT molecular complexity index is 447. The van der Waals surface area contributed by atoms with E-state index < -0.39 is 0 Å². The zero-order valence-electron chi connectivity index (χ0n) is 13.8. The molecule has 0 radical (unpaired) electrons. The van der Waals surface area contributed by atoms with Gasteiger partial charge in [0, 0.05) is 19.0 Å². The van der Waals surface area contributed by atoms with Crippen molar-refractivity contribution >= 4 is 0 Å². The van der Waals surface area contributed by atoms with E-state index in [9.17, 15) is 0 Å². The molecule has 1 aromatic heterocycles. The van der Waals surface area contributed by atoms with Crippen LogP contribution >= 0.6 is 0 Å². The Kier molecular flexibility index (Phi) is 6.43. The van der Waals surface area contributed by atoms with Gasteiger partial charge in [0.05, 0.1) is 0 Å². The van der Waals surface area contributed by atoms with Crippen molar-refractivity contribution in [3.05, 3.63) is 23.8 Å². The van der Waals surface area contributed by atoms with E-state index in [4.69, 9.17) is 0 Å². The molecule has 4 heteroatoms. The Balaban J connectivity index is 1.98. The lowest BCUT2D eigenvalue weighted by Crippen LogP contribution is -2.33. The van der Waals surface area contributed by atoms with Gasteiger partial charge in [-0.3, -0.25) is 0 Å². The van der Waals surface area contributed by atoms with Crippen molar-refractivity contribution in [1.82, 2.24) is 20.1 Å². The molecule has 1 atom stereocenters. The third kappa shape index (κ3) is 5.27. The van der Waals surface area contributed by atoms with Crippen molar-refractivity contribution in [2.45, 2.75) is 71.9 Å². The number of hydrogen-bond donors (Lipinski definition) is 1. The molecule has 0 spiro atoms. The topological polar surface area (TPSA) is 42.7 Å². The maximum atomic E-state index is 4.48. The Morgan fingerprint density at radius 1 is 1.29 bits per heavy atom. The van der Waals surface area contributed by atoms with Crippen LogP contribution in [0.2, 0.25) is 0 Å². The molecule has 0 saturated carbocycles. The van der Waals surface area contributed by atoms with Crippen molar-refractivity contribution in [3.8, 4) is 0 Å². The Morgan fingerprint density at radius 3 is 2.81 bits per heavy atom. The van der Waals surface area contributed by atoms with E-state index >= 15 is 0 Å². The molecule has 1 aliphatic rings. The van der Waals surface area contributed by atoms with Gasteiger partial charge >= 0.3 is 0 Å². The first kappa shape index (κ1) is 16.2. The number of aromatic nitrogens is 3. The lowest BCUT2D eigenvalue weighted by atomic mass is 9.93. The smallest absolute Gasteiger partial charge is 0.138 e. The van der Waals surface area contributed by atoms with Crippen molar-refractivity contribution < 1.29 is 0 Å². The van der Waals surface area contributed by atoms with Crippen molar-refractivity contribution in [3.63, 3.8) is 0 Å². The van der Waals surface area contributed by atoms with Crippen LogP contribution in [0.1, 0.15) is 58.7 Å². The van der Waals surface area contributed by atoms with Crippen LogP contribution in [-0.2, 0) is 13.0 Å². The molecule has 1 aliphatic carbocycles. The lowest BCUT2D eigenvalue weighted by molar-refractivity contribution is 0.438. The van der Waals surface area contributed by atoms with Crippen LogP contribution in [0.15, 0.2) is 18.0 Å². The summed E-state index contributed by atoms with van der Waals surface area (Å²) in [5, 5.41) is 8.01. The number of nitrogens with one attached hydrogen (secondary N) is 1. The maximum absolute atomic E-state index is 4.48. The zero-order chi connectivity index (χ0) is 15.1. The Labute approximate surface area is 129 Å². The largest absolute Gasteiger partial charge is 0.313 e. The molecular formula is C17H30N4.